The van der Waals surface area contributed by atoms with Gasteiger partial charge in [0.05, 0.1) is 35.9 Å². The van der Waals surface area contributed by atoms with Gasteiger partial charge < -0.3 is 24.7 Å². The quantitative estimate of drug-likeness (QED) is 0.418. The molecule has 6 rings (SSSR count). The van der Waals surface area contributed by atoms with Gasteiger partial charge in [0.25, 0.3) is 11.8 Å². The summed E-state index contributed by atoms with van der Waals surface area (Å²) in [5, 5.41) is 23.5. The Labute approximate surface area is 217 Å². The fourth-order valence-electron chi connectivity index (χ4n) is 4.40. The van der Waals surface area contributed by atoms with Crippen LogP contribution in [0.15, 0.2) is 76.3 Å². The number of benzene rings is 2. The molecule has 4 aromatic rings. The van der Waals surface area contributed by atoms with Crippen molar-refractivity contribution in [2.24, 2.45) is 4.99 Å². The van der Waals surface area contributed by atoms with Crippen molar-refractivity contribution in [3.05, 3.63) is 83.6 Å². The van der Waals surface area contributed by atoms with E-state index in [4.69, 9.17) is 14.1 Å². The zero-order chi connectivity index (χ0) is 25.9. The number of ether oxygens (including phenoxy) is 1. The van der Waals surface area contributed by atoms with Gasteiger partial charge in [-0.15, -0.1) is 5.10 Å². The van der Waals surface area contributed by atoms with E-state index < -0.39 is 6.17 Å². The van der Waals surface area contributed by atoms with Crippen LogP contribution >= 0.6 is 0 Å². The van der Waals surface area contributed by atoms with E-state index in [1.165, 1.54) is 6.20 Å². The molecule has 0 radical (unpaired) electrons. The van der Waals surface area contributed by atoms with Crippen LogP contribution in [0, 0.1) is 11.3 Å². The first-order valence-corrected chi connectivity index (χ1v) is 12.1. The van der Waals surface area contributed by atoms with Gasteiger partial charge in [-0.25, -0.2) is 9.98 Å². The molecule has 0 bridgehead atoms. The second-order valence-corrected chi connectivity index (χ2v) is 8.64. The third-order valence-electron chi connectivity index (χ3n) is 6.23. The average molecular weight is 507 g/mol. The molecule has 2 N–H and O–H groups in total. The number of amides is 1. The Morgan fingerprint density at radius 1 is 1.05 bits per heavy atom. The molecule has 0 spiro atoms. The molecular weight excluding hydrogens is 484 g/mol. The molecule has 0 saturated carbocycles. The van der Waals surface area contributed by atoms with Crippen LogP contribution in [0.25, 0.3) is 11.6 Å². The maximum atomic E-state index is 13.1. The molecule has 1 unspecified atom stereocenters. The van der Waals surface area contributed by atoms with Crippen LogP contribution in [0.4, 0.5) is 17.4 Å². The fourth-order valence-corrected chi connectivity index (χ4v) is 4.40. The first-order chi connectivity index (χ1) is 18.7. The van der Waals surface area contributed by atoms with E-state index in [9.17, 15) is 10.1 Å². The number of carbonyl (C=O) groups is 1. The minimum Gasteiger partial charge on any atom is -0.402 e. The Balaban J connectivity index is 1.33. The zero-order valence-corrected chi connectivity index (χ0v) is 20.2. The van der Waals surface area contributed by atoms with Crippen molar-refractivity contribution < 1.29 is 13.9 Å². The Morgan fingerprint density at radius 2 is 1.84 bits per heavy atom. The summed E-state index contributed by atoms with van der Waals surface area (Å²) >= 11 is 0. The van der Waals surface area contributed by atoms with E-state index in [0.29, 0.717) is 54.6 Å². The Hall–Kier alpha value is -5.08. The Bertz CT molecular complexity index is 1550. The molecule has 2 aromatic heterocycles. The summed E-state index contributed by atoms with van der Waals surface area (Å²) in [4.78, 5) is 24.4. The van der Waals surface area contributed by atoms with Crippen molar-refractivity contribution in [3.8, 4) is 17.7 Å². The van der Waals surface area contributed by atoms with Crippen molar-refractivity contribution >= 4 is 29.0 Å². The third kappa shape index (κ3) is 4.56. The van der Waals surface area contributed by atoms with Crippen LogP contribution < -0.4 is 15.5 Å². The monoisotopic (exact) mass is 506 g/mol. The van der Waals surface area contributed by atoms with Gasteiger partial charge in [0.1, 0.15) is 6.07 Å². The lowest BCUT2D eigenvalue weighted by molar-refractivity contribution is -0.116. The standard InChI is InChI=1S/C27H22N8O3/c28-15-17-14-21(35-10-12-37-13-11-35)23(29-16-17)26-33-34-27(38-26)32-24-25(36)30-20-9-5-4-8-19(20)22(31-24)18-6-2-1-3-7-18/h1-9,14,16,24H,10-13H2,(H,30,36)(H,32,34). The molecule has 1 atom stereocenters. The van der Waals surface area contributed by atoms with E-state index in [2.05, 4.69) is 36.8 Å². The fraction of sp³-hybridized carbons (Fsp3) is 0.185. The number of hydrogen-bond donors (Lipinski definition) is 2. The highest BCUT2D eigenvalue weighted by atomic mass is 16.5. The first-order valence-electron chi connectivity index (χ1n) is 12.1. The number of fused-ring (bicyclic) bond motifs is 1. The minimum absolute atomic E-state index is 0.0151. The molecule has 1 fully saturated rings. The van der Waals surface area contributed by atoms with Crippen molar-refractivity contribution in [2.45, 2.75) is 6.17 Å². The number of rotatable bonds is 5. The van der Waals surface area contributed by atoms with Gasteiger partial charge in [-0.05, 0) is 12.1 Å². The van der Waals surface area contributed by atoms with Gasteiger partial charge in [-0.2, -0.15) is 5.26 Å². The maximum absolute atomic E-state index is 13.1. The minimum atomic E-state index is -1.03. The number of nitrogens with zero attached hydrogens (tertiary/aromatic N) is 6. The molecule has 1 amide bonds. The van der Waals surface area contributed by atoms with Crippen molar-refractivity contribution in [1.82, 2.24) is 15.2 Å². The Kier molecular flexibility index (Phi) is 6.21. The molecule has 188 valence electrons. The Morgan fingerprint density at radius 3 is 2.66 bits per heavy atom. The number of nitrogens with one attached hydrogen (secondary N) is 2. The highest BCUT2D eigenvalue weighted by Crippen LogP contribution is 2.31. The molecule has 38 heavy (non-hydrogen) atoms. The number of aliphatic imine (C=N–C) groups is 1. The number of anilines is 3. The lowest BCUT2D eigenvalue weighted by atomic mass is 10.0. The molecule has 0 aliphatic carbocycles. The molecule has 4 heterocycles. The van der Waals surface area contributed by atoms with Crippen LogP contribution in [-0.4, -0.2) is 59.3 Å². The van der Waals surface area contributed by atoms with Gasteiger partial charge in [0.15, 0.2) is 5.69 Å². The van der Waals surface area contributed by atoms with Crippen LogP contribution in [-0.2, 0) is 9.53 Å². The molecular formula is C27H22N8O3. The molecule has 11 heteroatoms. The summed E-state index contributed by atoms with van der Waals surface area (Å²) in [7, 11) is 0. The summed E-state index contributed by atoms with van der Waals surface area (Å²) in [5.41, 5.74) is 4.55. The van der Waals surface area contributed by atoms with Crippen LogP contribution in [0.5, 0.6) is 0 Å². The van der Waals surface area contributed by atoms with Gasteiger partial charge in [0.2, 0.25) is 6.17 Å². The van der Waals surface area contributed by atoms with Gasteiger partial charge in [-0.3, -0.25) is 4.79 Å². The second kappa shape index (κ2) is 10.1. The highest BCUT2D eigenvalue weighted by Gasteiger charge is 2.28. The largest absolute Gasteiger partial charge is 0.402 e. The van der Waals surface area contributed by atoms with E-state index in [-0.39, 0.29) is 17.8 Å². The van der Waals surface area contributed by atoms with Gasteiger partial charge in [-0.1, -0.05) is 53.6 Å². The zero-order valence-electron chi connectivity index (χ0n) is 20.2. The topological polar surface area (TPSA) is 142 Å². The van der Waals surface area contributed by atoms with Crippen LogP contribution in [0.1, 0.15) is 16.7 Å². The highest BCUT2D eigenvalue weighted by molar-refractivity contribution is 6.19. The lowest BCUT2D eigenvalue weighted by Crippen LogP contribution is -2.36. The molecule has 2 aromatic carbocycles. The maximum Gasteiger partial charge on any atom is 0.317 e. The number of aromatic nitrogens is 3. The van der Waals surface area contributed by atoms with E-state index >= 15 is 0 Å². The molecule has 2 aliphatic rings. The summed E-state index contributed by atoms with van der Waals surface area (Å²) in [6, 6.07) is 21.0. The van der Waals surface area contributed by atoms with E-state index in [1.807, 2.05) is 54.6 Å². The average Bonchev–Trinajstić information content (AvgIpc) is 3.39. The summed E-state index contributed by atoms with van der Waals surface area (Å²) in [5.74, 6) is -0.211. The summed E-state index contributed by atoms with van der Waals surface area (Å²) < 4.78 is 11.4. The predicted molar refractivity (Wildman–Crippen MR) is 140 cm³/mol. The molecule has 11 nitrogen and oxygen atoms in total. The second-order valence-electron chi connectivity index (χ2n) is 8.64. The number of hydrogen-bond acceptors (Lipinski definition) is 10. The smallest absolute Gasteiger partial charge is 0.317 e. The van der Waals surface area contributed by atoms with E-state index in [0.717, 1.165) is 11.1 Å². The number of benzodiazepines with no additional fused rings is 1. The van der Waals surface area contributed by atoms with Crippen LogP contribution in [0.2, 0.25) is 0 Å². The number of nitriles is 1. The van der Waals surface area contributed by atoms with Gasteiger partial charge in [0, 0.05) is 30.4 Å². The van der Waals surface area contributed by atoms with E-state index in [1.54, 1.807) is 6.07 Å². The van der Waals surface area contributed by atoms with Crippen molar-refractivity contribution in [2.75, 3.05) is 41.8 Å². The van der Waals surface area contributed by atoms with Crippen molar-refractivity contribution in [3.63, 3.8) is 0 Å². The number of pyridine rings is 1. The summed E-state index contributed by atoms with van der Waals surface area (Å²) in [6.45, 7) is 2.41. The number of morpholine rings is 1. The third-order valence-corrected chi connectivity index (χ3v) is 6.23. The van der Waals surface area contributed by atoms with Crippen molar-refractivity contribution in [1.29, 1.82) is 5.26 Å². The number of carbonyl (C=O) groups excluding carboxylic acids is 1. The lowest BCUT2D eigenvalue weighted by Gasteiger charge is -2.29. The SMILES string of the molecule is N#Cc1cnc(-c2nnc(NC3N=C(c4ccccc4)c4ccccc4NC3=O)o2)c(N2CCOCC2)c1. The molecule has 2 aliphatic heterocycles. The number of para-hydroxylation sites is 1. The first kappa shape index (κ1) is 23.3. The normalized spacial score (nSPS) is 17.0. The predicted octanol–water partition coefficient (Wildman–Crippen LogP) is 3.07. The van der Waals surface area contributed by atoms with Crippen LogP contribution in [0.3, 0.4) is 0 Å². The van der Waals surface area contributed by atoms with Gasteiger partial charge >= 0.3 is 6.01 Å². The summed E-state index contributed by atoms with van der Waals surface area (Å²) in [6.07, 6.45) is 0.432. The molecule has 1 saturated heterocycles.